The summed E-state index contributed by atoms with van der Waals surface area (Å²) >= 11 is 0. The standard InChI is InChI=1S/C23H29N3O3/c1-25(17-21(27)24-19-11-13-20(29-2)14-12-19)22(18-9-5-3-6-10-18)23(28)26-15-7-4-8-16-26/h3,5-6,9-14,22H,4,7-8,15-17H2,1-2H3,(H,24,27)/t22-/m1/s1. The van der Waals surface area contributed by atoms with Gasteiger partial charge in [-0.15, -0.1) is 0 Å². The fourth-order valence-corrected chi connectivity index (χ4v) is 3.70. The molecule has 6 heteroatoms. The van der Waals surface area contributed by atoms with Crippen molar-refractivity contribution >= 4 is 17.5 Å². The SMILES string of the molecule is COc1ccc(NC(=O)CN(C)[C@@H](C(=O)N2CCCCC2)c2ccccc2)cc1. The number of carbonyl (C=O) groups is 2. The Morgan fingerprint density at radius 3 is 2.31 bits per heavy atom. The quantitative estimate of drug-likeness (QED) is 0.781. The summed E-state index contributed by atoms with van der Waals surface area (Å²) in [6.07, 6.45) is 3.24. The van der Waals surface area contributed by atoms with Gasteiger partial charge in [0.2, 0.25) is 11.8 Å². The average molecular weight is 396 g/mol. The molecule has 1 aliphatic heterocycles. The minimum atomic E-state index is -0.476. The Labute approximate surface area is 172 Å². The first kappa shape index (κ1) is 20.9. The molecule has 0 saturated carbocycles. The summed E-state index contributed by atoms with van der Waals surface area (Å²) in [4.78, 5) is 29.6. The van der Waals surface area contributed by atoms with E-state index in [1.807, 2.05) is 47.2 Å². The van der Waals surface area contributed by atoms with E-state index in [9.17, 15) is 9.59 Å². The zero-order valence-corrected chi connectivity index (χ0v) is 17.1. The van der Waals surface area contributed by atoms with E-state index < -0.39 is 6.04 Å². The van der Waals surface area contributed by atoms with E-state index in [1.165, 1.54) is 6.42 Å². The van der Waals surface area contributed by atoms with Gasteiger partial charge in [-0.1, -0.05) is 30.3 Å². The van der Waals surface area contributed by atoms with E-state index >= 15 is 0 Å². The fourth-order valence-electron chi connectivity index (χ4n) is 3.70. The van der Waals surface area contributed by atoms with Crippen molar-refractivity contribution in [1.82, 2.24) is 9.80 Å². The van der Waals surface area contributed by atoms with Crippen LogP contribution in [-0.4, -0.2) is 55.4 Å². The molecule has 1 N–H and O–H groups in total. The van der Waals surface area contributed by atoms with Crippen molar-refractivity contribution in [3.8, 4) is 5.75 Å². The van der Waals surface area contributed by atoms with Gasteiger partial charge < -0.3 is 15.0 Å². The van der Waals surface area contributed by atoms with Gasteiger partial charge in [0.1, 0.15) is 11.8 Å². The van der Waals surface area contributed by atoms with Crippen LogP contribution in [-0.2, 0) is 9.59 Å². The maximum atomic E-state index is 13.3. The number of carbonyl (C=O) groups excluding carboxylic acids is 2. The van der Waals surface area contributed by atoms with E-state index in [4.69, 9.17) is 4.74 Å². The third kappa shape index (κ3) is 5.57. The molecular formula is C23H29N3O3. The molecule has 0 radical (unpaired) electrons. The number of piperidine rings is 1. The monoisotopic (exact) mass is 395 g/mol. The molecule has 1 fully saturated rings. The number of methoxy groups -OCH3 is 1. The van der Waals surface area contributed by atoms with Crippen molar-refractivity contribution in [1.29, 1.82) is 0 Å². The molecule has 1 atom stereocenters. The molecule has 0 aromatic heterocycles. The summed E-state index contributed by atoms with van der Waals surface area (Å²) in [6, 6.07) is 16.4. The Bertz CT molecular complexity index is 802. The fraction of sp³-hybridized carbons (Fsp3) is 0.391. The number of anilines is 1. The predicted molar refractivity (Wildman–Crippen MR) is 114 cm³/mol. The summed E-state index contributed by atoms with van der Waals surface area (Å²) in [5.41, 5.74) is 1.60. The minimum Gasteiger partial charge on any atom is -0.497 e. The summed E-state index contributed by atoms with van der Waals surface area (Å²) in [7, 11) is 3.43. The van der Waals surface area contributed by atoms with Crippen molar-refractivity contribution in [3.05, 3.63) is 60.2 Å². The van der Waals surface area contributed by atoms with E-state index in [1.54, 1.807) is 31.4 Å². The largest absolute Gasteiger partial charge is 0.497 e. The van der Waals surface area contributed by atoms with Gasteiger partial charge in [0.15, 0.2) is 0 Å². The van der Waals surface area contributed by atoms with Gasteiger partial charge in [0, 0.05) is 18.8 Å². The van der Waals surface area contributed by atoms with Gasteiger partial charge in [-0.05, 0) is 56.1 Å². The Kier molecular flexibility index (Phi) is 7.25. The zero-order chi connectivity index (χ0) is 20.6. The lowest BCUT2D eigenvalue weighted by Crippen LogP contribution is -2.45. The summed E-state index contributed by atoms with van der Waals surface area (Å²) in [6.45, 7) is 1.69. The molecule has 154 valence electrons. The lowest BCUT2D eigenvalue weighted by atomic mass is 10.0. The highest BCUT2D eigenvalue weighted by molar-refractivity contribution is 5.93. The molecular weight excluding hydrogens is 366 g/mol. The van der Waals surface area contributed by atoms with Gasteiger partial charge >= 0.3 is 0 Å². The van der Waals surface area contributed by atoms with Crippen molar-refractivity contribution in [2.75, 3.05) is 39.1 Å². The molecule has 0 unspecified atom stereocenters. The minimum absolute atomic E-state index is 0.0654. The number of ether oxygens (including phenoxy) is 1. The topological polar surface area (TPSA) is 61.9 Å². The number of rotatable bonds is 7. The van der Waals surface area contributed by atoms with Crippen LogP contribution in [0.25, 0.3) is 0 Å². The molecule has 0 aliphatic carbocycles. The molecule has 2 amide bonds. The number of amides is 2. The Morgan fingerprint density at radius 1 is 1.03 bits per heavy atom. The third-order valence-electron chi connectivity index (χ3n) is 5.22. The van der Waals surface area contributed by atoms with Gasteiger partial charge in [-0.3, -0.25) is 14.5 Å². The van der Waals surface area contributed by atoms with Crippen molar-refractivity contribution in [2.24, 2.45) is 0 Å². The molecule has 2 aromatic carbocycles. The Balaban J connectivity index is 1.70. The number of likely N-dealkylation sites (tertiary alicyclic amines) is 1. The normalized spacial score (nSPS) is 15.1. The molecule has 6 nitrogen and oxygen atoms in total. The number of benzene rings is 2. The first-order chi connectivity index (χ1) is 14.1. The van der Waals surface area contributed by atoms with Crippen LogP contribution < -0.4 is 10.1 Å². The molecule has 29 heavy (non-hydrogen) atoms. The lowest BCUT2D eigenvalue weighted by Gasteiger charge is -2.34. The van der Waals surface area contributed by atoms with Gasteiger partial charge in [-0.2, -0.15) is 0 Å². The zero-order valence-electron chi connectivity index (χ0n) is 17.1. The van der Waals surface area contributed by atoms with Crippen molar-refractivity contribution in [2.45, 2.75) is 25.3 Å². The predicted octanol–water partition coefficient (Wildman–Crippen LogP) is 3.32. The van der Waals surface area contributed by atoms with E-state index in [0.717, 1.165) is 37.2 Å². The number of nitrogens with one attached hydrogen (secondary N) is 1. The van der Waals surface area contributed by atoms with Crippen molar-refractivity contribution < 1.29 is 14.3 Å². The Morgan fingerprint density at radius 2 is 1.69 bits per heavy atom. The first-order valence-electron chi connectivity index (χ1n) is 10.1. The average Bonchev–Trinajstić information content (AvgIpc) is 2.75. The molecule has 1 saturated heterocycles. The van der Waals surface area contributed by atoms with Gasteiger partial charge in [-0.25, -0.2) is 0 Å². The smallest absolute Gasteiger partial charge is 0.244 e. The van der Waals surface area contributed by atoms with Crippen LogP contribution in [0.1, 0.15) is 30.9 Å². The van der Waals surface area contributed by atoms with Crippen molar-refractivity contribution in [3.63, 3.8) is 0 Å². The number of hydrogen-bond donors (Lipinski definition) is 1. The molecule has 0 bridgehead atoms. The van der Waals surface area contributed by atoms with Crippen LogP contribution in [0.3, 0.4) is 0 Å². The number of hydrogen-bond acceptors (Lipinski definition) is 4. The first-order valence-corrected chi connectivity index (χ1v) is 10.1. The third-order valence-corrected chi connectivity index (χ3v) is 5.22. The summed E-state index contributed by atoms with van der Waals surface area (Å²) in [5, 5.41) is 2.89. The number of likely N-dealkylation sites (N-methyl/N-ethyl adjacent to an activating group) is 1. The van der Waals surface area contributed by atoms with Crippen LogP contribution in [0.5, 0.6) is 5.75 Å². The molecule has 3 rings (SSSR count). The second-order valence-corrected chi connectivity index (χ2v) is 7.39. The van der Waals surface area contributed by atoms with Crippen LogP contribution in [0.2, 0.25) is 0 Å². The molecule has 1 heterocycles. The van der Waals surface area contributed by atoms with E-state index in [0.29, 0.717) is 5.69 Å². The van der Waals surface area contributed by atoms with E-state index in [2.05, 4.69) is 5.32 Å². The van der Waals surface area contributed by atoms with Gasteiger partial charge in [0.25, 0.3) is 0 Å². The van der Waals surface area contributed by atoms with Crippen LogP contribution in [0, 0.1) is 0 Å². The van der Waals surface area contributed by atoms with Gasteiger partial charge in [0.05, 0.1) is 13.7 Å². The molecule has 0 spiro atoms. The maximum Gasteiger partial charge on any atom is 0.244 e. The summed E-state index contributed by atoms with van der Waals surface area (Å²) < 4.78 is 5.14. The Hall–Kier alpha value is -2.86. The van der Waals surface area contributed by atoms with E-state index in [-0.39, 0.29) is 18.4 Å². The second kappa shape index (κ2) is 10.1. The highest BCUT2D eigenvalue weighted by Crippen LogP contribution is 2.24. The lowest BCUT2D eigenvalue weighted by molar-refractivity contribution is -0.138. The molecule has 2 aromatic rings. The molecule has 1 aliphatic rings. The number of nitrogens with zero attached hydrogens (tertiary/aromatic N) is 2. The van der Waals surface area contributed by atoms with Crippen LogP contribution in [0.15, 0.2) is 54.6 Å². The highest BCUT2D eigenvalue weighted by atomic mass is 16.5. The maximum absolute atomic E-state index is 13.3. The summed E-state index contributed by atoms with van der Waals surface area (Å²) in [5.74, 6) is 0.636. The second-order valence-electron chi connectivity index (χ2n) is 7.39. The van der Waals surface area contributed by atoms with Crippen LogP contribution >= 0.6 is 0 Å². The highest BCUT2D eigenvalue weighted by Gasteiger charge is 2.31. The van der Waals surface area contributed by atoms with Crippen LogP contribution in [0.4, 0.5) is 5.69 Å².